The summed E-state index contributed by atoms with van der Waals surface area (Å²) in [5.41, 5.74) is 3.00. The van der Waals surface area contributed by atoms with Crippen molar-refractivity contribution < 1.29 is 23.3 Å². The molecule has 2 heterocycles. The number of fused-ring (bicyclic) bond motifs is 3. The van der Waals surface area contributed by atoms with Gasteiger partial charge >= 0.3 is 0 Å². The molecule has 4 aromatic rings. The van der Waals surface area contributed by atoms with Crippen molar-refractivity contribution >= 4 is 28.3 Å². The van der Waals surface area contributed by atoms with Crippen molar-refractivity contribution in [2.45, 2.75) is 22.9 Å². The summed E-state index contributed by atoms with van der Waals surface area (Å²) in [6, 6.07) is 27.0. The minimum atomic E-state index is -1.58. The van der Waals surface area contributed by atoms with E-state index in [1.54, 1.807) is 47.4 Å². The van der Waals surface area contributed by atoms with E-state index in [1.807, 2.05) is 48.5 Å². The zero-order chi connectivity index (χ0) is 25.4. The van der Waals surface area contributed by atoms with Crippen molar-refractivity contribution in [2.75, 3.05) is 11.7 Å². The normalized spacial score (nSPS) is 15.5. The Bertz CT molecular complexity index is 1550. The maximum absolute atomic E-state index is 13.7. The van der Waals surface area contributed by atoms with Crippen LogP contribution in [0.3, 0.4) is 0 Å². The van der Waals surface area contributed by atoms with Gasteiger partial charge < -0.3 is 19.7 Å². The second-order valence-corrected chi connectivity index (χ2v) is 10.1. The average molecular weight is 511 g/mol. The number of nitrogens with zero attached hydrogens (tertiary/aromatic N) is 1. The van der Waals surface area contributed by atoms with Gasteiger partial charge in [-0.3, -0.25) is 9.59 Å². The molecule has 1 N–H and O–H groups in total. The van der Waals surface area contributed by atoms with Crippen LogP contribution in [0.15, 0.2) is 101 Å². The van der Waals surface area contributed by atoms with Crippen LogP contribution in [0.4, 0.5) is 5.69 Å². The number of carbonyl (C=O) groups is 2. The van der Waals surface area contributed by atoms with Crippen molar-refractivity contribution in [1.82, 2.24) is 5.32 Å². The van der Waals surface area contributed by atoms with Crippen LogP contribution in [-0.4, -0.2) is 22.8 Å². The van der Waals surface area contributed by atoms with Gasteiger partial charge in [-0.1, -0.05) is 48.5 Å². The van der Waals surface area contributed by atoms with E-state index in [4.69, 9.17) is 9.47 Å². The van der Waals surface area contributed by atoms with Gasteiger partial charge in [0.25, 0.3) is 11.8 Å². The first kappa shape index (κ1) is 23.0. The molecule has 0 aromatic heterocycles. The van der Waals surface area contributed by atoms with E-state index >= 15 is 0 Å². The van der Waals surface area contributed by atoms with Crippen LogP contribution in [-0.2, 0) is 23.9 Å². The lowest BCUT2D eigenvalue weighted by atomic mass is 10.1. The minimum Gasteiger partial charge on any atom is -0.454 e. The fourth-order valence-electron chi connectivity index (χ4n) is 4.46. The van der Waals surface area contributed by atoms with E-state index in [0.717, 1.165) is 11.1 Å². The Balaban J connectivity index is 1.33. The summed E-state index contributed by atoms with van der Waals surface area (Å²) >= 11 is 0. The first-order valence-corrected chi connectivity index (χ1v) is 12.9. The lowest BCUT2D eigenvalue weighted by Gasteiger charge is -2.23. The van der Waals surface area contributed by atoms with Gasteiger partial charge in [0.2, 0.25) is 6.79 Å². The lowest BCUT2D eigenvalue weighted by Crippen LogP contribution is -2.31. The molecule has 0 fully saturated rings. The summed E-state index contributed by atoms with van der Waals surface area (Å²) in [5.74, 6) is 0.761. The molecule has 6 rings (SSSR count). The first-order chi connectivity index (χ1) is 18.1. The molecule has 0 radical (unpaired) electrons. The molecule has 2 aliphatic rings. The first-order valence-electron chi connectivity index (χ1n) is 11.8. The molecule has 0 saturated carbocycles. The highest BCUT2D eigenvalue weighted by Gasteiger charge is 2.31. The van der Waals surface area contributed by atoms with Crippen LogP contribution in [0.2, 0.25) is 0 Å². The Kier molecular flexibility index (Phi) is 5.94. The maximum atomic E-state index is 13.7. The van der Waals surface area contributed by atoms with Gasteiger partial charge in [0, 0.05) is 12.1 Å². The molecule has 2 aliphatic heterocycles. The van der Waals surface area contributed by atoms with Crippen LogP contribution in [0, 0.1) is 0 Å². The predicted molar refractivity (Wildman–Crippen MR) is 138 cm³/mol. The van der Waals surface area contributed by atoms with Crippen LogP contribution >= 0.6 is 0 Å². The summed E-state index contributed by atoms with van der Waals surface area (Å²) in [4.78, 5) is 29.4. The third-order valence-corrected chi connectivity index (χ3v) is 7.85. The smallest absolute Gasteiger partial charge is 0.259 e. The highest BCUT2D eigenvalue weighted by Crippen LogP contribution is 2.36. The highest BCUT2D eigenvalue weighted by atomic mass is 32.2. The molecule has 184 valence electrons. The van der Waals surface area contributed by atoms with Crippen molar-refractivity contribution in [3.8, 4) is 11.5 Å². The van der Waals surface area contributed by atoms with Gasteiger partial charge in [0.05, 0.1) is 38.4 Å². The van der Waals surface area contributed by atoms with Gasteiger partial charge in [-0.15, -0.1) is 0 Å². The molecule has 37 heavy (non-hydrogen) atoms. The second kappa shape index (κ2) is 9.55. The molecular formula is C29H22N2O5S. The van der Waals surface area contributed by atoms with E-state index in [2.05, 4.69) is 5.32 Å². The molecular weight excluding hydrogens is 488 g/mol. The third-order valence-electron chi connectivity index (χ3n) is 6.35. The predicted octanol–water partition coefficient (Wildman–Crippen LogP) is 4.67. The molecule has 1 atom stereocenters. The molecule has 2 amide bonds. The molecule has 0 bridgehead atoms. The Morgan fingerprint density at radius 2 is 1.62 bits per heavy atom. The van der Waals surface area contributed by atoms with Crippen LogP contribution in [0.25, 0.3) is 0 Å². The minimum absolute atomic E-state index is 0.184. The van der Waals surface area contributed by atoms with Gasteiger partial charge in [-0.05, 0) is 53.6 Å². The molecule has 0 aliphatic carbocycles. The Hall–Kier alpha value is -4.43. The Morgan fingerprint density at radius 3 is 2.49 bits per heavy atom. The zero-order valence-electron chi connectivity index (χ0n) is 19.7. The van der Waals surface area contributed by atoms with E-state index < -0.39 is 10.8 Å². The molecule has 0 unspecified atom stereocenters. The molecule has 8 heteroatoms. The fraction of sp³-hybridized carbons (Fsp3) is 0.103. The SMILES string of the molecule is O=C(NCc1ccc2c(c1)OCO2)c1ccc2c(c1)N(Cc1ccccc1)C(=O)c1ccccc1[S@@]2=O. The standard InChI is InChI=1S/C29H22N2O5S/c32-28(30-16-20-10-12-24-25(14-20)36-18-35-24)21-11-13-27-23(15-21)31(17-19-6-2-1-3-7-19)29(33)22-8-4-5-9-26(22)37(27)34/h1-15H,16-18H2,(H,30,32)/t37-/m0/s1. The third kappa shape index (κ3) is 4.36. The number of carbonyl (C=O) groups excluding carboxylic acids is 2. The van der Waals surface area contributed by atoms with Crippen LogP contribution in [0.5, 0.6) is 11.5 Å². The summed E-state index contributed by atoms with van der Waals surface area (Å²) in [6.45, 7) is 0.751. The summed E-state index contributed by atoms with van der Waals surface area (Å²) in [5, 5.41) is 2.92. The summed E-state index contributed by atoms with van der Waals surface area (Å²) in [7, 11) is -1.58. The van der Waals surface area contributed by atoms with Crippen molar-refractivity contribution in [3.63, 3.8) is 0 Å². The number of benzene rings is 4. The number of amides is 2. The Labute approximate surface area is 216 Å². The van der Waals surface area contributed by atoms with E-state index in [-0.39, 0.29) is 31.7 Å². The Morgan fingerprint density at radius 1 is 0.838 bits per heavy atom. The molecule has 0 spiro atoms. The van der Waals surface area contributed by atoms with E-state index in [0.29, 0.717) is 38.1 Å². The molecule has 0 saturated heterocycles. The topological polar surface area (TPSA) is 84.9 Å². The average Bonchev–Trinajstić information content (AvgIpc) is 3.39. The summed E-state index contributed by atoms with van der Waals surface area (Å²) < 4.78 is 24.3. The highest BCUT2D eigenvalue weighted by molar-refractivity contribution is 7.85. The van der Waals surface area contributed by atoms with Gasteiger partial charge in [0.1, 0.15) is 0 Å². The second-order valence-electron chi connectivity index (χ2n) is 8.69. The van der Waals surface area contributed by atoms with E-state index in [9.17, 15) is 13.8 Å². The number of hydrogen-bond acceptors (Lipinski definition) is 5. The quantitative estimate of drug-likeness (QED) is 0.422. The van der Waals surface area contributed by atoms with Crippen molar-refractivity contribution in [3.05, 3.63) is 113 Å². The number of nitrogens with one attached hydrogen (secondary N) is 1. The lowest BCUT2D eigenvalue weighted by molar-refractivity contribution is 0.0947. The monoisotopic (exact) mass is 510 g/mol. The van der Waals surface area contributed by atoms with E-state index in [1.165, 1.54) is 0 Å². The van der Waals surface area contributed by atoms with Gasteiger partial charge in [-0.25, -0.2) is 4.21 Å². The molecule has 4 aromatic carbocycles. The van der Waals surface area contributed by atoms with Crippen molar-refractivity contribution in [2.24, 2.45) is 0 Å². The zero-order valence-corrected chi connectivity index (χ0v) is 20.5. The molecule has 7 nitrogen and oxygen atoms in total. The van der Waals surface area contributed by atoms with Crippen molar-refractivity contribution in [1.29, 1.82) is 0 Å². The van der Waals surface area contributed by atoms with Crippen LogP contribution < -0.4 is 19.7 Å². The van der Waals surface area contributed by atoms with Crippen LogP contribution in [0.1, 0.15) is 31.8 Å². The number of hydrogen-bond donors (Lipinski definition) is 1. The number of rotatable bonds is 5. The fourth-order valence-corrected chi connectivity index (χ4v) is 5.81. The largest absolute Gasteiger partial charge is 0.454 e. The van der Waals surface area contributed by atoms with Gasteiger partial charge in [0.15, 0.2) is 11.5 Å². The number of anilines is 1. The number of ether oxygens (including phenoxy) is 2. The summed E-state index contributed by atoms with van der Waals surface area (Å²) in [6.07, 6.45) is 0. The van der Waals surface area contributed by atoms with Gasteiger partial charge in [-0.2, -0.15) is 0 Å². The maximum Gasteiger partial charge on any atom is 0.259 e.